The molecule has 11 nitrogen and oxygen atoms in total. The molecule has 1 saturated heterocycles. The van der Waals surface area contributed by atoms with Crippen molar-refractivity contribution in [3.63, 3.8) is 0 Å². The lowest BCUT2D eigenvalue weighted by Crippen LogP contribution is -2.82. The van der Waals surface area contributed by atoms with E-state index in [2.05, 4.69) is 5.32 Å². The molecule has 11 heteroatoms. The van der Waals surface area contributed by atoms with Crippen LogP contribution in [0.2, 0.25) is 0 Å². The number of esters is 2. The number of nitrogens with one attached hydrogen (secondary N) is 1. The molecule has 42 heavy (non-hydrogen) atoms. The molecule has 4 N–H and O–H groups in total. The Morgan fingerprint density at radius 1 is 1.02 bits per heavy atom. The van der Waals surface area contributed by atoms with Crippen molar-refractivity contribution in [2.75, 3.05) is 34.5 Å². The Kier molecular flexibility index (Phi) is 6.27. The Labute approximate surface area is 244 Å². The number of benzene rings is 1. The van der Waals surface area contributed by atoms with Crippen molar-refractivity contribution in [2.24, 2.45) is 28.6 Å². The van der Waals surface area contributed by atoms with Crippen LogP contribution in [0.1, 0.15) is 43.0 Å². The van der Waals surface area contributed by atoms with Crippen molar-refractivity contribution in [3.05, 3.63) is 35.9 Å². The van der Waals surface area contributed by atoms with Crippen LogP contribution in [0.4, 0.5) is 0 Å². The van der Waals surface area contributed by atoms with Crippen LogP contribution in [0.5, 0.6) is 0 Å². The standard InChI is InChI=1S/C31H41NO10/c1-16(33)42-31-18-19(39-3)20-27(15-38-2)11-8-12-28(20,22(18)32-14-27)30(37)13-29(36,25(40-4)23(31)34)24(21(30)31)41-26(35)17-9-6-5-7-10-17/h5-7,9-10,18-25,32,34,36-37H,8,11-15H2,1-4H3/t18-,19-,20+,21-,22+,23-,24+,25-,27-,28+,29+,30-,31-/m0/s1. The first-order valence-electron chi connectivity index (χ1n) is 14.9. The van der Waals surface area contributed by atoms with Gasteiger partial charge in [0.1, 0.15) is 23.9 Å². The van der Waals surface area contributed by atoms with Crippen LogP contribution in [0.15, 0.2) is 30.3 Å². The number of aliphatic hydroxyl groups excluding tert-OH is 1. The molecule has 1 aromatic rings. The molecule has 7 rings (SSSR count). The first-order valence-corrected chi connectivity index (χ1v) is 14.9. The minimum absolute atomic E-state index is 0.239. The molecule has 13 atom stereocenters. The number of carbonyl (C=O) groups excluding carboxylic acids is 2. The summed E-state index contributed by atoms with van der Waals surface area (Å²) in [6.45, 7) is 2.28. The normalized spacial score (nSPS) is 51.2. The van der Waals surface area contributed by atoms with E-state index in [0.717, 1.165) is 12.8 Å². The van der Waals surface area contributed by atoms with Gasteiger partial charge in [0.25, 0.3) is 0 Å². The summed E-state index contributed by atoms with van der Waals surface area (Å²) >= 11 is 0. The zero-order chi connectivity index (χ0) is 29.9. The maximum absolute atomic E-state index is 13.6. The molecule has 1 spiro atoms. The van der Waals surface area contributed by atoms with Crippen molar-refractivity contribution >= 4 is 11.9 Å². The number of fused-ring (bicyclic) bond motifs is 2. The maximum Gasteiger partial charge on any atom is 0.338 e. The van der Waals surface area contributed by atoms with Crippen LogP contribution in [0.25, 0.3) is 0 Å². The van der Waals surface area contributed by atoms with Crippen molar-refractivity contribution in [1.29, 1.82) is 0 Å². The average Bonchev–Trinajstić information content (AvgIpc) is 3.27. The third kappa shape index (κ3) is 3.05. The van der Waals surface area contributed by atoms with Gasteiger partial charge in [0.15, 0.2) is 5.60 Å². The summed E-state index contributed by atoms with van der Waals surface area (Å²) < 4.78 is 30.3. The number of ether oxygens (including phenoxy) is 5. The van der Waals surface area contributed by atoms with Crippen LogP contribution in [0.3, 0.4) is 0 Å². The summed E-state index contributed by atoms with van der Waals surface area (Å²) in [6, 6.07) is 7.98. The summed E-state index contributed by atoms with van der Waals surface area (Å²) in [5, 5.41) is 41.8. The highest BCUT2D eigenvalue weighted by Crippen LogP contribution is 2.80. The van der Waals surface area contributed by atoms with Gasteiger partial charge in [0, 0.05) is 69.9 Å². The predicted molar refractivity (Wildman–Crippen MR) is 145 cm³/mol. The van der Waals surface area contributed by atoms with Crippen LogP contribution in [-0.4, -0.2) is 109 Å². The van der Waals surface area contributed by atoms with E-state index >= 15 is 0 Å². The lowest BCUT2D eigenvalue weighted by Gasteiger charge is -2.68. The van der Waals surface area contributed by atoms with Crippen molar-refractivity contribution in [3.8, 4) is 0 Å². The van der Waals surface area contributed by atoms with Gasteiger partial charge in [-0.15, -0.1) is 0 Å². The van der Waals surface area contributed by atoms with Crippen molar-refractivity contribution in [1.82, 2.24) is 5.32 Å². The molecule has 6 aliphatic rings. The molecule has 1 aliphatic heterocycles. The SMILES string of the molecule is COC[C@]12CCC[C@]34[C@H](NC1)[C@H]([C@H](OC)[C@H]23)[C@]1(OC(C)=O)[C@H]2[C@@H](OC(=O)c3ccccc3)[C@](O)(C[C@]24O)[C@@H](OC)[C@@H]1O. The number of piperidine rings is 1. The summed E-state index contributed by atoms with van der Waals surface area (Å²) in [7, 11) is 4.62. The van der Waals surface area contributed by atoms with E-state index in [-0.39, 0.29) is 17.9 Å². The third-order valence-corrected chi connectivity index (χ3v) is 12.2. The second kappa shape index (κ2) is 9.20. The van der Waals surface area contributed by atoms with Crippen LogP contribution in [-0.2, 0) is 28.5 Å². The lowest BCUT2D eigenvalue weighted by atomic mass is 9.42. The Morgan fingerprint density at radius 3 is 2.40 bits per heavy atom. The summed E-state index contributed by atoms with van der Waals surface area (Å²) in [5.41, 5.74) is -6.52. The van der Waals surface area contributed by atoms with E-state index in [1.54, 1.807) is 44.6 Å². The number of aliphatic hydroxyl groups is 3. The van der Waals surface area contributed by atoms with Gasteiger partial charge >= 0.3 is 11.9 Å². The van der Waals surface area contributed by atoms with Crippen LogP contribution < -0.4 is 5.32 Å². The molecule has 230 valence electrons. The molecule has 5 aliphatic carbocycles. The van der Waals surface area contributed by atoms with Crippen molar-refractivity contribution < 1.29 is 48.6 Å². The van der Waals surface area contributed by atoms with Gasteiger partial charge in [-0.25, -0.2) is 4.79 Å². The fourth-order valence-corrected chi connectivity index (χ4v) is 11.5. The Balaban J connectivity index is 1.49. The summed E-state index contributed by atoms with van der Waals surface area (Å²) in [4.78, 5) is 26.6. The highest BCUT2D eigenvalue weighted by atomic mass is 16.6. The summed E-state index contributed by atoms with van der Waals surface area (Å²) in [6.07, 6.45) is -2.77. The van der Waals surface area contributed by atoms with Crippen LogP contribution >= 0.6 is 0 Å². The molecule has 5 saturated carbocycles. The zero-order valence-corrected chi connectivity index (χ0v) is 24.4. The number of hydrogen-bond donors (Lipinski definition) is 4. The van der Waals surface area contributed by atoms with E-state index < -0.39 is 81.9 Å². The van der Waals surface area contributed by atoms with Gasteiger partial charge < -0.3 is 44.3 Å². The Hall–Kier alpha value is -2.12. The third-order valence-electron chi connectivity index (χ3n) is 12.2. The van der Waals surface area contributed by atoms with Gasteiger partial charge in [-0.1, -0.05) is 24.6 Å². The van der Waals surface area contributed by atoms with Gasteiger partial charge in [0.2, 0.25) is 0 Å². The second-order valence-corrected chi connectivity index (χ2v) is 13.6. The first kappa shape index (κ1) is 28.6. The monoisotopic (exact) mass is 587 g/mol. The van der Waals surface area contributed by atoms with Crippen LogP contribution in [0, 0.1) is 28.6 Å². The number of carbonyl (C=O) groups is 2. The van der Waals surface area contributed by atoms with Gasteiger partial charge in [-0.05, 0) is 25.0 Å². The molecular formula is C31H41NO10. The number of rotatable bonds is 7. The molecule has 0 aromatic heterocycles. The molecule has 1 heterocycles. The molecule has 0 amide bonds. The largest absolute Gasteiger partial charge is 0.455 e. The maximum atomic E-state index is 13.6. The second-order valence-electron chi connectivity index (χ2n) is 13.6. The highest BCUT2D eigenvalue weighted by molar-refractivity contribution is 5.89. The topological polar surface area (TPSA) is 153 Å². The molecule has 0 radical (unpaired) electrons. The fourth-order valence-electron chi connectivity index (χ4n) is 11.5. The smallest absolute Gasteiger partial charge is 0.338 e. The summed E-state index contributed by atoms with van der Waals surface area (Å²) in [5.74, 6) is -3.41. The minimum atomic E-state index is -1.97. The van der Waals surface area contributed by atoms with E-state index in [1.165, 1.54) is 14.0 Å². The van der Waals surface area contributed by atoms with E-state index in [4.69, 9.17) is 23.7 Å². The molecule has 0 unspecified atom stereocenters. The fraction of sp³-hybridized carbons (Fsp3) is 0.742. The molecular weight excluding hydrogens is 546 g/mol. The van der Waals surface area contributed by atoms with E-state index in [9.17, 15) is 24.9 Å². The van der Waals surface area contributed by atoms with Gasteiger partial charge in [0.05, 0.1) is 29.8 Å². The lowest BCUT2D eigenvalue weighted by molar-refractivity contribution is -0.322. The quantitative estimate of drug-likeness (QED) is 0.329. The number of methoxy groups -OCH3 is 3. The van der Waals surface area contributed by atoms with Gasteiger partial charge in [-0.3, -0.25) is 4.79 Å². The minimum Gasteiger partial charge on any atom is -0.455 e. The van der Waals surface area contributed by atoms with Gasteiger partial charge in [-0.2, -0.15) is 0 Å². The van der Waals surface area contributed by atoms with Crippen molar-refractivity contribution in [2.45, 2.75) is 79.9 Å². The Bertz CT molecular complexity index is 1280. The first-order chi connectivity index (χ1) is 20.0. The molecule has 7 bridgehead atoms. The molecule has 6 fully saturated rings. The number of hydrogen-bond acceptors (Lipinski definition) is 11. The highest BCUT2D eigenvalue weighted by Gasteiger charge is 2.93. The predicted octanol–water partition coefficient (Wildman–Crippen LogP) is 0.435. The Morgan fingerprint density at radius 2 is 1.76 bits per heavy atom. The van der Waals surface area contributed by atoms with E-state index in [0.29, 0.717) is 19.6 Å². The zero-order valence-electron chi connectivity index (χ0n) is 24.4. The molecule has 1 aromatic carbocycles. The van der Waals surface area contributed by atoms with E-state index in [1.807, 2.05) is 0 Å². The average molecular weight is 588 g/mol.